The number of anilines is 2. The van der Waals surface area contributed by atoms with E-state index in [1.807, 2.05) is 30.3 Å². The number of nitrogens with one attached hydrogen (secondary N) is 1. The van der Waals surface area contributed by atoms with Gasteiger partial charge in [0.2, 0.25) is 0 Å². The second kappa shape index (κ2) is 5.53. The Hall–Kier alpha value is -2.41. The van der Waals surface area contributed by atoms with Gasteiger partial charge < -0.3 is 5.32 Å². The Bertz CT molecular complexity index is 918. The third-order valence-electron chi connectivity index (χ3n) is 2.86. The van der Waals surface area contributed by atoms with Gasteiger partial charge in [-0.25, -0.2) is 4.98 Å². The first-order chi connectivity index (χ1) is 10.2. The van der Waals surface area contributed by atoms with E-state index in [9.17, 15) is 0 Å². The van der Waals surface area contributed by atoms with E-state index in [1.165, 1.54) is 11.3 Å². The van der Waals surface area contributed by atoms with E-state index in [0.717, 1.165) is 25.5 Å². The van der Waals surface area contributed by atoms with Crippen LogP contribution in [0.4, 0.5) is 10.8 Å². The Morgan fingerprint density at radius 2 is 1.86 bits per heavy atom. The number of nitriles is 2. The van der Waals surface area contributed by atoms with Crippen LogP contribution in [-0.2, 0) is 0 Å². The van der Waals surface area contributed by atoms with Crippen molar-refractivity contribution >= 4 is 48.3 Å². The van der Waals surface area contributed by atoms with E-state index in [0.29, 0.717) is 11.1 Å². The standard InChI is InChI=1S/C15H7BrN4S/c16-11-2-4-13-14(6-11)21-15(20-13)19-12-3-1-9(7-17)10(5-12)8-18/h1-6H,(H,19,20). The van der Waals surface area contributed by atoms with Crippen molar-refractivity contribution in [2.45, 2.75) is 0 Å². The van der Waals surface area contributed by atoms with Gasteiger partial charge in [-0.2, -0.15) is 10.5 Å². The number of fused-ring (bicyclic) bond motifs is 1. The zero-order chi connectivity index (χ0) is 14.8. The summed E-state index contributed by atoms with van der Waals surface area (Å²) in [4.78, 5) is 4.49. The van der Waals surface area contributed by atoms with Crippen molar-refractivity contribution in [3.63, 3.8) is 0 Å². The van der Waals surface area contributed by atoms with E-state index >= 15 is 0 Å². The van der Waals surface area contributed by atoms with Crippen molar-refractivity contribution in [2.24, 2.45) is 0 Å². The van der Waals surface area contributed by atoms with Crippen molar-refractivity contribution in [3.05, 3.63) is 52.0 Å². The lowest BCUT2D eigenvalue weighted by molar-refractivity contribution is 1.41. The first-order valence-corrected chi connectivity index (χ1v) is 7.58. The molecule has 1 N–H and O–H groups in total. The summed E-state index contributed by atoms with van der Waals surface area (Å²) in [5, 5.41) is 21.9. The van der Waals surface area contributed by atoms with Gasteiger partial charge in [0.1, 0.15) is 12.1 Å². The molecule has 100 valence electrons. The van der Waals surface area contributed by atoms with Crippen LogP contribution in [0.1, 0.15) is 11.1 Å². The van der Waals surface area contributed by atoms with Crippen LogP contribution in [-0.4, -0.2) is 4.98 Å². The van der Waals surface area contributed by atoms with Crippen LogP contribution >= 0.6 is 27.3 Å². The summed E-state index contributed by atoms with van der Waals surface area (Å²) in [5.41, 5.74) is 2.38. The molecule has 1 aromatic heterocycles. The molecule has 0 aliphatic carbocycles. The molecule has 0 atom stereocenters. The third-order valence-corrected chi connectivity index (χ3v) is 4.29. The summed E-state index contributed by atoms with van der Waals surface area (Å²) in [6.07, 6.45) is 0. The molecular formula is C15H7BrN4S. The highest BCUT2D eigenvalue weighted by Crippen LogP contribution is 2.30. The second-order valence-electron chi connectivity index (χ2n) is 4.24. The minimum absolute atomic E-state index is 0.353. The average Bonchev–Trinajstić information content (AvgIpc) is 2.88. The number of halogens is 1. The van der Waals surface area contributed by atoms with Crippen molar-refractivity contribution in [3.8, 4) is 12.1 Å². The Kier molecular flexibility index (Phi) is 3.57. The zero-order valence-electron chi connectivity index (χ0n) is 10.6. The lowest BCUT2D eigenvalue weighted by atomic mass is 10.1. The van der Waals surface area contributed by atoms with E-state index < -0.39 is 0 Å². The minimum Gasteiger partial charge on any atom is -0.331 e. The van der Waals surface area contributed by atoms with Crippen LogP contribution in [0.25, 0.3) is 10.2 Å². The summed E-state index contributed by atoms with van der Waals surface area (Å²) >= 11 is 4.96. The molecule has 3 rings (SSSR count). The third kappa shape index (κ3) is 2.73. The Morgan fingerprint density at radius 3 is 2.62 bits per heavy atom. The van der Waals surface area contributed by atoms with Crippen LogP contribution < -0.4 is 5.32 Å². The number of thiazole rings is 1. The van der Waals surface area contributed by atoms with Gasteiger partial charge in [-0.3, -0.25) is 0 Å². The lowest BCUT2D eigenvalue weighted by Gasteiger charge is -2.03. The van der Waals surface area contributed by atoms with Gasteiger partial charge in [-0.05, 0) is 36.4 Å². The largest absolute Gasteiger partial charge is 0.331 e. The summed E-state index contributed by atoms with van der Waals surface area (Å²) < 4.78 is 2.08. The number of benzene rings is 2. The van der Waals surface area contributed by atoms with Crippen LogP contribution in [0.15, 0.2) is 40.9 Å². The first kappa shape index (κ1) is 13.6. The molecule has 0 aliphatic heterocycles. The Morgan fingerprint density at radius 1 is 1.05 bits per heavy atom. The molecule has 3 aromatic rings. The number of hydrogen-bond donors (Lipinski definition) is 1. The van der Waals surface area contributed by atoms with Gasteiger partial charge in [-0.15, -0.1) is 0 Å². The second-order valence-corrected chi connectivity index (χ2v) is 6.19. The average molecular weight is 355 g/mol. The normalized spacial score (nSPS) is 10.0. The van der Waals surface area contributed by atoms with E-state index in [4.69, 9.17) is 10.5 Å². The summed E-state index contributed by atoms with van der Waals surface area (Å²) in [7, 11) is 0. The monoisotopic (exact) mass is 354 g/mol. The molecule has 21 heavy (non-hydrogen) atoms. The molecule has 0 unspecified atom stereocenters. The predicted molar refractivity (Wildman–Crippen MR) is 86.5 cm³/mol. The minimum atomic E-state index is 0.353. The van der Waals surface area contributed by atoms with Gasteiger partial charge in [0.05, 0.1) is 21.3 Å². The molecule has 0 bridgehead atoms. The molecule has 0 spiro atoms. The van der Waals surface area contributed by atoms with Crippen molar-refractivity contribution in [2.75, 3.05) is 5.32 Å². The quantitative estimate of drug-likeness (QED) is 0.732. The van der Waals surface area contributed by atoms with Gasteiger partial charge >= 0.3 is 0 Å². The Labute approximate surface area is 133 Å². The number of hydrogen-bond acceptors (Lipinski definition) is 5. The van der Waals surface area contributed by atoms with Gasteiger partial charge in [0, 0.05) is 10.2 Å². The number of nitrogens with zero attached hydrogens (tertiary/aromatic N) is 3. The molecule has 0 radical (unpaired) electrons. The van der Waals surface area contributed by atoms with Gasteiger partial charge in [0.15, 0.2) is 5.13 Å². The first-order valence-electron chi connectivity index (χ1n) is 5.97. The SMILES string of the molecule is N#Cc1ccc(Nc2nc3ccc(Br)cc3s2)cc1C#N. The highest BCUT2D eigenvalue weighted by atomic mass is 79.9. The summed E-state index contributed by atoms with van der Waals surface area (Å²) in [6, 6.07) is 15.0. The molecule has 0 amide bonds. The predicted octanol–water partition coefficient (Wildman–Crippen LogP) is 4.55. The van der Waals surface area contributed by atoms with E-state index in [2.05, 4.69) is 26.2 Å². The maximum absolute atomic E-state index is 9.04. The molecular weight excluding hydrogens is 348 g/mol. The molecule has 0 saturated carbocycles. The summed E-state index contributed by atoms with van der Waals surface area (Å²) in [6.45, 7) is 0. The maximum atomic E-state index is 9.04. The smallest absolute Gasteiger partial charge is 0.188 e. The maximum Gasteiger partial charge on any atom is 0.188 e. The zero-order valence-corrected chi connectivity index (χ0v) is 13.0. The fraction of sp³-hybridized carbons (Fsp3) is 0. The molecule has 4 nitrogen and oxygen atoms in total. The highest BCUT2D eigenvalue weighted by Gasteiger charge is 2.07. The van der Waals surface area contributed by atoms with Crippen LogP contribution in [0.3, 0.4) is 0 Å². The van der Waals surface area contributed by atoms with Gasteiger partial charge in [0.25, 0.3) is 0 Å². The summed E-state index contributed by atoms with van der Waals surface area (Å²) in [5.74, 6) is 0. The Balaban J connectivity index is 1.95. The van der Waals surface area contributed by atoms with E-state index in [-0.39, 0.29) is 0 Å². The number of aromatic nitrogens is 1. The molecule has 0 aliphatic rings. The molecule has 0 saturated heterocycles. The topological polar surface area (TPSA) is 72.5 Å². The van der Waals surface area contributed by atoms with Crippen molar-refractivity contribution < 1.29 is 0 Å². The van der Waals surface area contributed by atoms with Crippen molar-refractivity contribution in [1.29, 1.82) is 10.5 Å². The fourth-order valence-electron chi connectivity index (χ4n) is 1.89. The highest BCUT2D eigenvalue weighted by molar-refractivity contribution is 9.10. The van der Waals surface area contributed by atoms with Crippen LogP contribution in [0, 0.1) is 22.7 Å². The molecule has 1 heterocycles. The lowest BCUT2D eigenvalue weighted by Crippen LogP contribution is -1.91. The molecule has 6 heteroatoms. The molecule has 2 aromatic carbocycles. The van der Waals surface area contributed by atoms with Gasteiger partial charge in [-0.1, -0.05) is 27.3 Å². The van der Waals surface area contributed by atoms with Crippen molar-refractivity contribution in [1.82, 2.24) is 4.98 Å². The number of rotatable bonds is 2. The van der Waals surface area contributed by atoms with Crippen LogP contribution in [0.5, 0.6) is 0 Å². The fourth-order valence-corrected chi connectivity index (χ4v) is 3.33. The van der Waals surface area contributed by atoms with E-state index in [1.54, 1.807) is 18.2 Å². The van der Waals surface area contributed by atoms with Crippen LogP contribution in [0.2, 0.25) is 0 Å². The molecule has 0 fully saturated rings.